The van der Waals surface area contributed by atoms with Crippen molar-refractivity contribution in [3.05, 3.63) is 42.0 Å². The van der Waals surface area contributed by atoms with Crippen molar-refractivity contribution in [2.24, 2.45) is 18.7 Å². The van der Waals surface area contributed by atoms with E-state index in [1.54, 1.807) is 18.1 Å². The van der Waals surface area contributed by atoms with E-state index in [0.717, 1.165) is 24.4 Å². The third-order valence-corrected chi connectivity index (χ3v) is 3.29. The average Bonchev–Trinajstić information content (AvgIpc) is 2.84. The first-order valence-electron chi connectivity index (χ1n) is 6.38. The van der Waals surface area contributed by atoms with Crippen LogP contribution < -0.4 is 10.5 Å². The molecule has 0 spiro atoms. The Hall–Kier alpha value is -1.88. The van der Waals surface area contributed by atoms with E-state index in [0.29, 0.717) is 12.5 Å². The molecule has 0 aliphatic rings. The molecule has 1 aromatic carbocycles. The van der Waals surface area contributed by atoms with Gasteiger partial charge in [-0.25, -0.2) is 4.98 Å². The van der Waals surface area contributed by atoms with Crippen LogP contribution in [0.4, 0.5) is 0 Å². The van der Waals surface area contributed by atoms with E-state index in [2.05, 4.69) is 22.2 Å². The Morgan fingerprint density at radius 1 is 1.26 bits per heavy atom. The lowest BCUT2D eigenvalue weighted by atomic mass is 9.96. The SMILES string of the molecule is COc1ccc(CC(CN)Cc2ncnn2C)cc1. The first-order valence-corrected chi connectivity index (χ1v) is 6.38. The van der Waals surface area contributed by atoms with E-state index in [4.69, 9.17) is 10.5 Å². The first kappa shape index (κ1) is 13.5. The van der Waals surface area contributed by atoms with Gasteiger partial charge in [-0.15, -0.1) is 0 Å². The van der Waals surface area contributed by atoms with Crippen LogP contribution in [0.2, 0.25) is 0 Å². The topological polar surface area (TPSA) is 66.0 Å². The minimum Gasteiger partial charge on any atom is -0.497 e. The second-order valence-electron chi connectivity index (χ2n) is 4.66. The number of nitrogens with two attached hydrogens (primary N) is 1. The summed E-state index contributed by atoms with van der Waals surface area (Å²) in [5.41, 5.74) is 7.12. The average molecular weight is 260 g/mol. The quantitative estimate of drug-likeness (QED) is 0.847. The lowest BCUT2D eigenvalue weighted by Crippen LogP contribution is -2.21. The van der Waals surface area contributed by atoms with Crippen LogP contribution in [0.15, 0.2) is 30.6 Å². The fraction of sp³-hybridized carbons (Fsp3) is 0.429. The van der Waals surface area contributed by atoms with Gasteiger partial charge in [0, 0.05) is 13.5 Å². The summed E-state index contributed by atoms with van der Waals surface area (Å²) in [5.74, 6) is 2.22. The minimum absolute atomic E-state index is 0.372. The van der Waals surface area contributed by atoms with Gasteiger partial charge < -0.3 is 10.5 Å². The smallest absolute Gasteiger partial charge is 0.138 e. The Bertz CT molecular complexity index is 506. The summed E-state index contributed by atoms with van der Waals surface area (Å²) < 4.78 is 6.96. The summed E-state index contributed by atoms with van der Waals surface area (Å²) in [6, 6.07) is 8.12. The number of methoxy groups -OCH3 is 1. The molecule has 2 rings (SSSR count). The van der Waals surface area contributed by atoms with E-state index < -0.39 is 0 Å². The molecular weight excluding hydrogens is 240 g/mol. The fourth-order valence-electron chi connectivity index (χ4n) is 2.10. The fourth-order valence-corrected chi connectivity index (χ4v) is 2.10. The minimum atomic E-state index is 0.372. The van der Waals surface area contributed by atoms with Crippen LogP contribution in [0.5, 0.6) is 5.75 Å². The molecule has 102 valence electrons. The van der Waals surface area contributed by atoms with Crippen molar-refractivity contribution in [1.29, 1.82) is 0 Å². The van der Waals surface area contributed by atoms with Crippen molar-refractivity contribution in [3.8, 4) is 5.75 Å². The Morgan fingerprint density at radius 2 is 2.00 bits per heavy atom. The maximum Gasteiger partial charge on any atom is 0.138 e. The molecule has 5 heteroatoms. The summed E-state index contributed by atoms with van der Waals surface area (Å²) >= 11 is 0. The molecule has 0 bridgehead atoms. The summed E-state index contributed by atoms with van der Waals surface area (Å²) in [6.45, 7) is 0.638. The van der Waals surface area contributed by atoms with E-state index in [1.807, 2.05) is 19.2 Å². The van der Waals surface area contributed by atoms with Crippen molar-refractivity contribution in [1.82, 2.24) is 14.8 Å². The Balaban J connectivity index is 2.00. The van der Waals surface area contributed by atoms with E-state index in [1.165, 1.54) is 5.56 Å². The molecule has 5 nitrogen and oxygen atoms in total. The molecule has 0 aliphatic carbocycles. The van der Waals surface area contributed by atoms with Crippen LogP contribution in [0.1, 0.15) is 11.4 Å². The van der Waals surface area contributed by atoms with Crippen molar-refractivity contribution in [2.75, 3.05) is 13.7 Å². The predicted molar refractivity (Wildman–Crippen MR) is 73.9 cm³/mol. The van der Waals surface area contributed by atoms with Gasteiger partial charge in [-0.1, -0.05) is 12.1 Å². The number of hydrogen-bond acceptors (Lipinski definition) is 4. The summed E-state index contributed by atoms with van der Waals surface area (Å²) in [4.78, 5) is 4.25. The highest BCUT2D eigenvalue weighted by atomic mass is 16.5. The second-order valence-corrected chi connectivity index (χ2v) is 4.66. The van der Waals surface area contributed by atoms with Crippen LogP contribution in [0, 0.1) is 5.92 Å². The maximum atomic E-state index is 5.86. The van der Waals surface area contributed by atoms with Crippen LogP contribution in [-0.4, -0.2) is 28.4 Å². The molecule has 2 N–H and O–H groups in total. The molecule has 2 aromatic rings. The number of benzene rings is 1. The van der Waals surface area contributed by atoms with Gasteiger partial charge in [0.25, 0.3) is 0 Å². The molecule has 1 aromatic heterocycles. The maximum absolute atomic E-state index is 5.86. The Kier molecular flexibility index (Phi) is 4.52. The molecule has 0 fully saturated rings. The number of hydrogen-bond donors (Lipinski definition) is 1. The van der Waals surface area contributed by atoms with Crippen molar-refractivity contribution < 1.29 is 4.74 Å². The standard InChI is InChI=1S/C14H20N4O/c1-18-14(16-10-17-18)8-12(9-15)7-11-3-5-13(19-2)6-4-11/h3-6,10,12H,7-9,15H2,1-2H3. The number of ether oxygens (including phenoxy) is 1. The second kappa shape index (κ2) is 6.33. The van der Waals surface area contributed by atoms with Crippen molar-refractivity contribution in [3.63, 3.8) is 0 Å². The highest BCUT2D eigenvalue weighted by Gasteiger charge is 2.12. The van der Waals surface area contributed by atoms with Gasteiger partial charge in [0.1, 0.15) is 17.9 Å². The Morgan fingerprint density at radius 3 is 2.53 bits per heavy atom. The summed E-state index contributed by atoms with van der Waals surface area (Å²) in [5, 5.41) is 4.08. The van der Waals surface area contributed by atoms with Crippen LogP contribution in [0.25, 0.3) is 0 Å². The third-order valence-electron chi connectivity index (χ3n) is 3.29. The number of aryl methyl sites for hydroxylation is 1. The van der Waals surface area contributed by atoms with Gasteiger partial charge in [-0.3, -0.25) is 4.68 Å². The normalized spacial score (nSPS) is 12.4. The van der Waals surface area contributed by atoms with E-state index in [9.17, 15) is 0 Å². The molecule has 19 heavy (non-hydrogen) atoms. The lowest BCUT2D eigenvalue weighted by molar-refractivity contribution is 0.414. The predicted octanol–water partition coefficient (Wildman–Crippen LogP) is 1.18. The summed E-state index contributed by atoms with van der Waals surface area (Å²) in [7, 11) is 3.58. The molecule has 0 radical (unpaired) electrons. The van der Waals surface area contributed by atoms with E-state index >= 15 is 0 Å². The van der Waals surface area contributed by atoms with Gasteiger partial charge >= 0.3 is 0 Å². The molecule has 0 amide bonds. The largest absolute Gasteiger partial charge is 0.497 e. The molecular formula is C14H20N4O. The molecule has 0 saturated carbocycles. The van der Waals surface area contributed by atoms with E-state index in [-0.39, 0.29) is 0 Å². The molecule has 0 aliphatic heterocycles. The third kappa shape index (κ3) is 3.54. The molecule has 1 unspecified atom stereocenters. The van der Waals surface area contributed by atoms with Gasteiger partial charge in [-0.05, 0) is 36.6 Å². The lowest BCUT2D eigenvalue weighted by Gasteiger charge is -2.14. The number of rotatable bonds is 6. The molecule has 0 saturated heterocycles. The van der Waals surface area contributed by atoms with Crippen LogP contribution >= 0.6 is 0 Å². The van der Waals surface area contributed by atoms with Crippen LogP contribution in [-0.2, 0) is 19.9 Å². The number of nitrogens with zero attached hydrogens (tertiary/aromatic N) is 3. The molecule has 1 atom stereocenters. The van der Waals surface area contributed by atoms with Gasteiger partial charge in [0.15, 0.2) is 0 Å². The number of aromatic nitrogens is 3. The zero-order valence-electron chi connectivity index (χ0n) is 11.4. The van der Waals surface area contributed by atoms with Crippen molar-refractivity contribution in [2.45, 2.75) is 12.8 Å². The van der Waals surface area contributed by atoms with Crippen LogP contribution in [0.3, 0.4) is 0 Å². The highest BCUT2D eigenvalue weighted by molar-refractivity contribution is 5.27. The van der Waals surface area contributed by atoms with Gasteiger partial charge in [0.2, 0.25) is 0 Å². The summed E-state index contributed by atoms with van der Waals surface area (Å²) in [6.07, 6.45) is 3.36. The Labute approximate surface area is 113 Å². The van der Waals surface area contributed by atoms with Gasteiger partial charge in [0.05, 0.1) is 7.11 Å². The zero-order chi connectivity index (χ0) is 13.7. The molecule has 1 heterocycles. The monoisotopic (exact) mass is 260 g/mol. The van der Waals surface area contributed by atoms with Crippen molar-refractivity contribution >= 4 is 0 Å². The highest BCUT2D eigenvalue weighted by Crippen LogP contribution is 2.16. The zero-order valence-corrected chi connectivity index (χ0v) is 11.4. The first-order chi connectivity index (χ1) is 9.22. The van der Waals surface area contributed by atoms with Gasteiger partial charge in [-0.2, -0.15) is 5.10 Å².